The summed E-state index contributed by atoms with van der Waals surface area (Å²) in [6, 6.07) is 1.23. The normalized spacial score (nSPS) is 10.8. The van der Waals surface area contributed by atoms with Gasteiger partial charge in [-0.25, -0.2) is 31.9 Å². The SMILES string of the molecule is Cc1nc(Br)cc(Nc2c(F)c(F)c(F)c(F)c2F)n1. The molecule has 0 aliphatic heterocycles. The number of aryl methyl sites for hydroxylation is 1. The molecule has 0 aliphatic carbocycles. The molecule has 1 aromatic carbocycles. The smallest absolute Gasteiger partial charge is 0.200 e. The van der Waals surface area contributed by atoms with Crippen LogP contribution in [-0.4, -0.2) is 9.97 Å². The second-order valence-electron chi connectivity index (χ2n) is 3.69. The Morgan fingerprint density at radius 2 is 1.40 bits per heavy atom. The van der Waals surface area contributed by atoms with Crippen molar-refractivity contribution in [1.29, 1.82) is 0 Å². The molecule has 3 nitrogen and oxygen atoms in total. The summed E-state index contributed by atoms with van der Waals surface area (Å²) >= 11 is 3.02. The van der Waals surface area contributed by atoms with E-state index in [9.17, 15) is 22.0 Å². The highest BCUT2D eigenvalue weighted by Gasteiger charge is 2.26. The fourth-order valence-corrected chi connectivity index (χ4v) is 1.91. The first-order valence-electron chi connectivity index (χ1n) is 5.11. The fraction of sp³-hybridized carbons (Fsp3) is 0.0909. The van der Waals surface area contributed by atoms with Crippen LogP contribution in [0.4, 0.5) is 33.5 Å². The van der Waals surface area contributed by atoms with Gasteiger partial charge in [0.2, 0.25) is 5.82 Å². The maximum absolute atomic E-state index is 13.5. The molecule has 0 amide bonds. The molecule has 2 rings (SSSR count). The zero-order chi connectivity index (χ0) is 15.0. The fourth-order valence-electron chi connectivity index (χ4n) is 1.44. The monoisotopic (exact) mass is 353 g/mol. The molecule has 106 valence electrons. The van der Waals surface area contributed by atoms with Gasteiger partial charge in [-0.2, -0.15) is 0 Å². The van der Waals surface area contributed by atoms with Crippen LogP contribution in [0.15, 0.2) is 10.7 Å². The van der Waals surface area contributed by atoms with Gasteiger partial charge in [-0.1, -0.05) is 0 Å². The first kappa shape index (κ1) is 14.6. The summed E-state index contributed by atoms with van der Waals surface area (Å²) in [5.74, 6) is -10.1. The number of hydrogen-bond acceptors (Lipinski definition) is 3. The molecule has 0 saturated heterocycles. The summed E-state index contributed by atoms with van der Waals surface area (Å²) in [5.41, 5.74) is -1.17. The highest BCUT2D eigenvalue weighted by Crippen LogP contribution is 2.29. The Bertz CT molecular complexity index is 643. The Labute approximate surface area is 118 Å². The van der Waals surface area contributed by atoms with Crippen molar-refractivity contribution in [2.24, 2.45) is 0 Å². The second-order valence-corrected chi connectivity index (χ2v) is 4.51. The minimum Gasteiger partial charge on any atom is -0.335 e. The average Bonchev–Trinajstić information content (AvgIpc) is 2.38. The van der Waals surface area contributed by atoms with Gasteiger partial charge in [0.15, 0.2) is 23.3 Å². The number of nitrogens with zero attached hydrogens (tertiary/aromatic N) is 2. The molecule has 0 radical (unpaired) electrons. The van der Waals surface area contributed by atoms with Crippen LogP contribution in [0.2, 0.25) is 0 Å². The van der Waals surface area contributed by atoms with Gasteiger partial charge < -0.3 is 5.32 Å². The Kier molecular flexibility index (Phi) is 3.89. The molecule has 9 heteroatoms. The Balaban J connectivity index is 2.54. The minimum absolute atomic E-state index is 0.118. The van der Waals surface area contributed by atoms with Crippen molar-refractivity contribution in [2.45, 2.75) is 6.92 Å². The van der Waals surface area contributed by atoms with Crippen LogP contribution in [0.1, 0.15) is 5.82 Å². The van der Waals surface area contributed by atoms with Gasteiger partial charge in [0.25, 0.3) is 0 Å². The molecule has 0 fully saturated rings. The van der Waals surface area contributed by atoms with Crippen LogP contribution in [0.3, 0.4) is 0 Å². The van der Waals surface area contributed by atoms with Gasteiger partial charge in [0.05, 0.1) is 0 Å². The van der Waals surface area contributed by atoms with E-state index < -0.39 is 34.8 Å². The van der Waals surface area contributed by atoms with Gasteiger partial charge in [0, 0.05) is 6.07 Å². The third kappa shape index (κ3) is 2.58. The predicted octanol–water partition coefficient (Wildman–Crippen LogP) is 3.99. The number of nitrogens with one attached hydrogen (secondary N) is 1. The third-order valence-electron chi connectivity index (χ3n) is 2.27. The molecule has 0 spiro atoms. The Morgan fingerprint density at radius 1 is 0.900 bits per heavy atom. The van der Waals surface area contributed by atoms with E-state index in [0.29, 0.717) is 0 Å². The lowest BCUT2D eigenvalue weighted by Crippen LogP contribution is -2.08. The van der Waals surface area contributed by atoms with Crippen molar-refractivity contribution in [3.63, 3.8) is 0 Å². The van der Waals surface area contributed by atoms with Crippen molar-refractivity contribution in [3.8, 4) is 0 Å². The number of aromatic nitrogens is 2. The average molecular weight is 354 g/mol. The van der Waals surface area contributed by atoms with E-state index in [2.05, 4.69) is 31.2 Å². The van der Waals surface area contributed by atoms with E-state index in [1.54, 1.807) is 0 Å². The van der Waals surface area contributed by atoms with Crippen molar-refractivity contribution in [3.05, 3.63) is 45.6 Å². The molecular formula is C11H5BrF5N3. The quantitative estimate of drug-likeness (QED) is 0.384. The summed E-state index contributed by atoms with van der Waals surface area (Å²) in [6.45, 7) is 1.49. The molecular weight excluding hydrogens is 349 g/mol. The Morgan fingerprint density at radius 3 is 1.90 bits per heavy atom. The van der Waals surface area contributed by atoms with E-state index in [0.717, 1.165) is 0 Å². The van der Waals surface area contributed by atoms with Gasteiger partial charge in [-0.3, -0.25) is 0 Å². The van der Waals surface area contributed by atoms with Crippen molar-refractivity contribution in [2.75, 3.05) is 5.32 Å². The summed E-state index contributed by atoms with van der Waals surface area (Å²) in [7, 11) is 0. The van der Waals surface area contributed by atoms with Gasteiger partial charge in [-0.15, -0.1) is 0 Å². The van der Waals surface area contributed by atoms with E-state index in [4.69, 9.17) is 0 Å². The molecule has 0 unspecified atom stereocenters. The largest absolute Gasteiger partial charge is 0.335 e. The third-order valence-corrected chi connectivity index (χ3v) is 2.68. The molecule has 0 saturated carbocycles. The van der Waals surface area contributed by atoms with Crippen LogP contribution in [0, 0.1) is 36.0 Å². The van der Waals surface area contributed by atoms with Crippen LogP contribution in [0.5, 0.6) is 0 Å². The molecule has 0 aliphatic rings. The molecule has 1 N–H and O–H groups in total. The molecule has 0 bridgehead atoms. The lowest BCUT2D eigenvalue weighted by molar-refractivity contribution is 0.382. The summed E-state index contributed by atoms with van der Waals surface area (Å²) in [5, 5.41) is 2.05. The van der Waals surface area contributed by atoms with E-state index >= 15 is 0 Å². The Hall–Kier alpha value is -1.77. The second kappa shape index (κ2) is 5.31. The van der Waals surface area contributed by atoms with Crippen LogP contribution in [0.25, 0.3) is 0 Å². The summed E-state index contributed by atoms with van der Waals surface area (Å²) < 4.78 is 66.1. The van der Waals surface area contributed by atoms with Crippen LogP contribution < -0.4 is 5.32 Å². The van der Waals surface area contributed by atoms with Crippen molar-refractivity contribution >= 4 is 27.4 Å². The first-order valence-corrected chi connectivity index (χ1v) is 5.90. The zero-order valence-electron chi connectivity index (χ0n) is 9.74. The molecule has 1 heterocycles. The van der Waals surface area contributed by atoms with E-state index in [-0.39, 0.29) is 16.2 Å². The zero-order valence-corrected chi connectivity index (χ0v) is 11.3. The highest BCUT2D eigenvalue weighted by molar-refractivity contribution is 9.10. The van der Waals surface area contributed by atoms with E-state index in [1.165, 1.54) is 13.0 Å². The van der Waals surface area contributed by atoms with Gasteiger partial charge in [-0.05, 0) is 22.9 Å². The first-order chi connectivity index (χ1) is 9.31. The summed E-state index contributed by atoms with van der Waals surface area (Å²) in [4.78, 5) is 7.61. The van der Waals surface area contributed by atoms with E-state index in [1.807, 2.05) is 0 Å². The lowest BCUT2D eigenvalue weighted by Gasteiger charge is -2.10. The topological polar surface area (TPSA) is 37.8 Å². The van der Waals surface area contributed by atoms with Gasteiger partial charge in [0.1, 0.15) is 21.9 Å². The van der Waals surface area contributed by atoms with Crippen molar-refractivity contribution in [1.82, 2.24) is 9.97 Å². The lowest BCUT2D eigenvalue weighted by atomic mass is 10.2. The predicted molar refractivity (Wildman–Crippen MR) is 64.0 cm³/mol. The molecule has 20 heavy (non-hydrogen) atoms. The molecule has 2 aromatic rings. The van der Waals surface area contributed by atoms with Crippen LogP contribution >= 0.6 is 15.9 Å². The molecule has 1 aromatic heterocycles. The number of hydrogen-bond donors (Lipinski definition) is 1. The van der Waals surface area contributed by atoms with Gasteiger partial charge >= 0.3 is 0 Å². The maximum atomic E-state index is 13.5. The van der Waals surface area contributed by atoms with Crippen LogP contribution in [-0.2, 0) is 0 Å². The minimum atomic E-state index is -2.22. The summed E-state index contributed by atoms with van der Waals surface area (Å²) in [6.07, 6.45) is 0. The number of rotatable bonds is 2. The number of benzene rings is 1. The standard InChI is InChI=1S/C11H5BrF5N3/c1-3-18-4(12)2-5(19-3)20-11-9(16)7(14)6(13)8(15)10(11)17/h2H,1H3,(H,18,19,20). The number of anilines is 2. The number of halogens is 6. The maximum Gasteiger partial charge on any atom is 0.200 e. The molecule has 0 atom stereocenters. The highest BCUT2D eigenvalue weighted by atomic mass is 79.9. The van der Waals surface area contributed by atoms with Crippen molar-refractivity contribution < 1.29 is 22.0 Å².